The highest BCUT2D eigenvalue weighted by molar-refractivity contribution is 5.98. The van der Waals surface area contributed by atoms with E-state index in [1.165, 1.54) is 5.56 Å². The Morgan fingerprint density at radius 3 is 2.76 bits per heavy atom. The highest BCUT2D eigenvalue weighted by Crippen LogP contribution is 2.16. The monoisotopic (exact) mass is 398 g/mol. The van der Waals surface area contributed by atoms with Gasteiger partial charge in [-0.1, -0.05) is 30.3 Å². The van der Waals surface area contributed by atoms with Crippen LogP contribution < -0.4 is 10.2 Å². The summed E-state index contributed by atoms with van der Waals surface area (Å²) in [6.07, 6.45) is 5.54. The van der Waals surface area contributed by atoms with E-state index in [0.717, 1.165) is 44.2 Å². The second-order valence-corrected chi connectivity index (χ2v) is 7.06. The van der Waals surface area contributed by atoms with Gasteiger partial charge < -0.3 is 19.9 Å². The molecule has 0 spiro atoms. The number of amides is 1. The number of carbonyl (C=O) groups is 1. The van der Waals surface area contributed by atoms with Gasteiger partial charge in [0.25, 0.3) is 0 Å². The number of guanidine groups is 1. The third-order valence-corrected chi connectivity index (χ3v) is 4.85. The molecule has 1 aromatic heterocycles. The molecule has 2 heterocycles. The van der Waals surface area contributed by atoms with Crippen molar-refractivity contribution >= 4 is 17.6 Å². The molecule has 8 nitrogen and oxygen atoms in total. The normalized spacial score (nSPS) is 15.1. The molecule has 1 saturated heterocycles. The van der Waals surface area contributed by atoms with Crippen LogP contribution in [-0.4, -0.2) is 66.4 Å². The molecule has 29 heavy (non-hydrogen) atoms. The fourth-order valence-corrected chi connectivity index (χ4v) is 3.30. The molecule has 1 aromatic carbocycles. The number of hydrogen-bond acceptors (Lipinski definition) is 4. The summed E-state index contributed by atoms with van der Waals surface area (Å²) in [4.78, 5) is 20.7. The maximum atomic E-state index is 12.5. The number of nitrogens with zero attached hydrogens (tertiary/aromatic N) is 5. The van der Waals surface area contributed by atoms with Gasteiger partial charge in [-0.25, -0.2) is 0 Å². The molecule has 8 heteroatoms. The first-order valence-electron chi connectivity index (χ1n) is 10.0. The van der Waals surface area contributed by atoms with Crippen molar-refractivity contribution in [1.82, 2.24) is 20.0 Å². The minimum absolute atomic E-state index is 0.0570. The Hall–Kier alpha value is -2.87. The molecule has 0 bridgehead atoms. The van der Waals surface area contributed by atoms with Crippen LogP contribution in [0.3, 0.4) is 0 Å². The molecule has 0 saturated carbocycles. The Labute approximate surface area is 172 Å². The summed E-state index contributed by atoms with van der Waals surface area (Å²) < 4.78 is 7.42. The fraction of sp³-hybridized carbons (Fsp3) is 0.476. The molecule has 0 unspecified atom stereocenters. The number of aromatic nitrogens is 2. The number of nitrogens with one attached hydrogen (secondary N) is 1. The van der Waals surface area contributed by atoms with Crippen LogP contribution in [0.15, 0.2) is 47.7 Å². The first kappa shape index (κ1) is 20.9. The van der Waals surface area contributed by atoms with Crippen molar-refractivity contribution in [3.8, 4) is 0 Å². The molecule has 0 radical (unpaired) electrons. The number of unbranched alkanes of at least 4 members (excludes halogenated alkanes) is 1. The molecule has 1 N–H and O–H groups in total. The first-order chi connectivity index (χ1) is 14.2. The quantitative estimate of drug-likeness (QED) is 0.416. The van der Waals surface area contributed by atoms with Crippen molar-refractivity contribution in [1.29, 1.82) is 0 Å². The van der Waals surface area contributed by atoms with Crippen LogP contribution in [0.2, 0.25) is 0 Å². The van der Waals surface area contributed by atoms with E-state index in [2.05, 4.69) is 27.5 Å². The fourth-order valence-electron chi connectivity index (χ4n) is 3.30. The number of aryl methyl sites for hydroxylation is 1. The second-order valence-electron chi connectivity index (χ2n) is 7.06. The van der Waals surface area contributed by atoms with Gasteiger partial charge in [0.2, 0.25) is 5.91 Å². The van der Waals surface area contributed by atoms with E-state index in [4.69, 9.17) is 4.74 Å². The first-order valence-corrected chi connectivity index (χ1v) is 10.0. The molecule has 3 rings (SSSR count). The smallest absolute Gasteiger partial charge is 0.246 e. The van der Waals surface area contributed by atoms with Crippen molar-refractivity contribution in [3.05, 3.63) is 48.3 Å². The summed E-state index contributed by atoms with van der Waals surface area (Å²) in [5.41, 5.74) is 2.04. The molecule has 156 valence electrons. The van der Waals surface area contributed by atoms with Crippen molar-refractivity contribution < 1.29 is 9.53 Å². The van der Waals surface area contributed by atoms with Crippen molar-refractivity contribution in [2.75, 3.05) is 44.7 Å². The molecule has 1 aliphatic heterocycles. The van der Waals surface area contributed by atoms with Crippen LogP contribution in [-0.2, 0) is 23.2 Å². The largest absolute Gasteiger partial charge is 0.377 e. The molecule has 0 aliphatic carbocycles. The average Bonchev–Trinajstić information content (AvgIpc) is 3.17. The van der Waals surface area contributed by atoms with Crippen LogP contribution in [0.1, 0.15) is 18.4 Å². The lowest BCUT2D eigenvalue weighted by molar-refractivity contribution is -0.120. The van der Waals surface area contributed by atoms with Gasteiger partial charge in [0.1, 0.15) is 6.54 Å². The molecular weight excluding hydrogens is 368 g/mol. The number of anilines is 1. The van der Waals surface area contributed by atoms with Gasteiger partial charge in [0, 0.05) is 46.5 Å². The maximum absolute atomic E-state index is 12.5. The van der Waals surface area contributed by atoms with Crippen molar-refractivity contribution in [2.45, 2.75) is 19.4 Å². The van der Waals surface area contributed by atoms with Gasteiger partial charge >= 0.3 is 0 Å². The predicted molar refractivity (Wildman–Crippen MR) is 114 cm³/mol. The minimum Gasteiger partial charge on any atom is -0.377 e. The van der Waals surface area contributed by atoms with Gasteiger partial charge in [-0.05, 0) is 18.4 Å². The lowest BCUT2D eigenvalue weighted by Gasteiger charge is -2.35. The molecule has 0 atom stereocenters. The lowest BCUT2D eigenvalue weighted by Crippen LogP contribution is -2.55. The van der Waals surface area contributed by atoms with E-state index in [1.807, 2.05) is 36.3 Å². The van der Waals surface area contributed by atoms with Crippen molar-refractivity contribution in [3.63, 3.8) is 0 Å². The van der Waals surface area contributed by atoms with E-state index in [0.29, 0.717) is 19.7 Å². The van der Waals surface area contributed by atoms with Gasteiger partial charge in [0.05, 0.1) is 18.5 Å². The van der Waals surface area contributed by atoms with Crippen LogP contribution in [0.25, 0.3) is 0 Å². The zero-order chi connectivity index (χ0) is 20.5. The number of benzene rings is 1. The Morgan fingerprint density at radius 1 is 1.24 bits per heavy atom. The number of piperazine rings is 1. The number of ether oxygens (including phenoxy) is 1. The van der Waals surface area contributed by atoms with Gasteiger partial charge in [-0.3, -0.25) is 14.5 Å². The molecule has 1 aliphatic rings. The third kappa shape index (κ3) is 6.05. The molecule has 1 amide bonds. The zero-order valence-electron chi connectivity index (χ0n) is 17.3. The van der Waals surface area contributed by atoms with Gasteiger partial charge in [-0.2, -0.15) is 5.10 Å². The average molecular weight is 399 g/mol. The summed E-state index contributed by atoms with van der Waals surface area (Å²) in [7, 11) is 3.60. The molecule has 2 aromatic rings. The van der Waals surface area contributed by atoms with E-state index in [-0.39, 0.29) is 5.91 Å². The van der Waals surface area contributed by atoms with Crippen LogP contribution in [0.4, 0.5) is 5.69 Å². The van der Waals surface area contributed by atoms with Crippen molar-refractivity contribution in [2.24, 2.45) is 12.0 Å². The van der Waals surface area contributed by atoms with Gasteiger partial charge in [-0.15, -0.1) is 0 Å². The van der Waals surface area contributed by atoms with Crippen LogP contribution >= 0.6 is 0 Å². The summed E-state index contributed by atoms with van der Waals surface area (Å²) in [6, 6.07) is 10.2. The third-order valence-electron chi connectivity index (χ3n) is 4.85. The summed E-state index contributed by atoms with van der Waals surface area (Å²) in [5, 5.41) is 7.51. The maximum Gasteiger partial charge on any atom is 0.246 e. The second kappa shape index (κ2) is 10.6. The molecule has 1 fully saturated rings. The Morgan fingerprint density at radius 2 is 2.07 bits per heavy atom. The SMILES string of the molecule is CN=C(NCCCCOCc1ccccc1)N1CCN(c2cnn(C)c2)C(=O)C1. The van der Waals surface area contributed by atoms with E-state index < -0.39 is 0 Å². The Balaban J connectivity index is 1.33. The standard InChI is InChI=1S/C21H30N6O2/c1-22-21(23-10-6-7-13-29-17-18-8-4-3-5-9-18)26-11-12-27(20(28)16-26)19-14-24-25(2)15-19/h3-5,8-9,14-15H,6-7,10-13,16-17H2,1-2H3,(H,22,23). The highest BCUT2D eigenvalue weighted by atomic mass is 16.5. The Kier molecular flexibility index (Phi) is 7.63. The lowest BCUT2D eigenvalue weighted by atomic mass is 10.2. The summed E-state index contributed by atoms with van der Waals surface area (Å²) >= 11 is 0. The molecular formula is C21H30N6O2. The summed E-state index contributed by atoms with van der Waals surface area (Å²) in [5.74, 6) is 0.830. The number of carbonyl (C=O) groups excluding carboxylic acids is 1. The van der Waals surface area contributed by atoms with E-state index >= 15 is 0 Å². The van der Waals surface area contributed by atoms with Crippen LogP contribution in [0, 0.1) is 0 Å². The zero-order valence-corrected chi connectivity index (χ0v) is 17.3. The highest BCUT2D eigenvalue weighted by Gasteiger charge is 2.27. The van der Waals surface area contributed by atoms with E-state index in [9.17, 15) is 4.79 Å². The minimum atomic E-state index is 0.0570. The predicted octanol–water partition coefficient (Wildman–Crippen LogP) is 1.64. The van der Waals surface area contributed by atoms with E-state index in [1.54, 1.807) is 22.8 Å². The number of rotatable bonds is 8. The van der Waals surface area contributed by atoms with Gasteiger partial charge in [0.15, 0.2) is 5.96 Å². The number of aliphatic imine (C=N–C) groups is 1. The van der Waals surface area contributed by atoms with Crippen LogP contribution in [0.5, 0.6) is 0 Å². The Bertz CT molecular complexity index is 805. The number of hydrogen-bond donors (Lipinski definition) is 1. The summed E-state index contributed by atoms with van der Waals surface area (Å²) in [6.45, 7) is 3.86. The topological polar surface area (TPSA) is 75.0 Å².